The lowest BCUT2D eigenvalue weighted by Crippen LogP contribution is -2.31. The lowest BCUT2D eigenvalue weighted by Gasteiger charge is -2.19. The van der Waals surface area contributed by atoms with E-state index in [-0.39, 0.29) is 18.0 Å². The largest absolute Gasteiger partial charge is 0.460 e. The average Bonchev–Trinajstić information content (AvgIpc) is 2.88. The van der Waals surface area contributed by atoms with Gasteiger partial charge in [-0.05, 0) is 18.1 Å². The van der Waals surface area contributed by atoms with Crippen LogP contribution in [-0.4, -0.2) is 24.8 Å². The number of ether oxygens (including phenoxy) is 3. The summed E-state index contributed by atoms with van der Waals surface area (Å²) in [5.74, 6) is -0.392. The Bertz CT molecular complexity index is 641. The highest BCUT2D eigenvalue weighted by Gasteiger charge is 2.43. The van der Waals surface area contributed by atoms with Crippen molar-refractivity contribution in [1.82, 2.24) is 0 Å². The normalized spacial score (nSPS) is 23.2. The van der Waals surface area contributed by atoms with Crippen LogP contribution in [0.3, 0.4) is 0 Å². The molecule has 1 fully saturated rings. The van der Waals surface area contributed by atoms with E-state index in [0.717, 1.165) is 11.1 Å². The molecule has 4 heteroatoms. The molecule has 2 aromatic rings. The molecule has 0 spiro atoms. The van der Waals surface area contributed by atoms with E-state index < -0.39 is 6.10 Å². The van der Waals surface area contributed by atoms with Gasteiger partial charge >= 0.3 is 5.97 Å². The molecule has 0 N–H and O–H groups in total. The van der Waals surface area contributed by atoms with Crippen LogP contribution in [0.25, 0.3) is 0 Å². The zero-order valence-corrected chi connectivity index (χ0v) is 13.8. The average molecular weight is 326 g/mol. The molecule has 0 saturated carbocycles. The fourth-order valence-electron chi connectivity index (χ4n) is 2.82. The summed E-state index contributed by atoms with van der Waals surface area (Å²) in [6.45, 7) is 3.23. The Hall–Kier alpha value is -2.17. The predicted molar refractivity (Wildman–Crippen MR) is 90.2 cm³/mol. The fraction of sp³-hybridized carbons (Fsp3) is 0.350. The Morgan fingerprint density at radius 2 is 1.50 bits per heavy atom. The Morgan fingerprint density at radius 3 is 2.12 bits per heavy atom. The number of esters is 1. The number of carbonyl (C=O) groups excluding carboxylic acids is 1. The number of hydrogen-bond donors (Lipinski definition) is 0. The van der Waals surface area contributed by atoms with Crippen LogP contribution >= 0.6 is 0 Å². The third-order valence-corrected chi connectivity index (χ3v) is 4.22. The first-order valence-electron chi connectivity index (χ1n) is 8.22. The van der Waals surface area contributed by atoms with Crippen molar-refractivity contribution in [2.45, 2.75) is 32.3 Å². The van der Waals surface area contributed by atoms with E-state index in [9.17, 15) is 4.79 Å². The van der Waals surface area contributed by atoms with Crippen molar-refractivity contribution in [1.29, 1.82) is 0 Å². The van der Waals surface area contributed by atoms with Crippen molar-refractivity contribution in [3.05, 3.63) is 71.8 Å². The quantitative estimate of drug-likeness (QED) is 0.732. The van der Waals surface area contributed by atoms with E-state index in [4.69, 9.17) is 14.2 Å². The van der Waals surface area contributed by atoms with Gasteiger partial charge in [0.15, 0.2) is 6.10 Å². The maximum Gasteiger partial charge on any atom is 0.336 e. The zero-order valence-electron chi connectivity index (χ0n) is 13.8. The molecule has 1 aliphatic heterocycles. The van der Waals surface area contributed by atoms with Crippen LogP contribution in [0, 0.1) is 5.92 Å². The number of carbonyl (C=O) groups is 1. The Kier molecular flexibility index (Phi) is 5.62. The molecule has 0 amide bonds. The molecule has 126 valence electrons. The third kappa shape index (κ3) is 4.22. The molecule has 0 bridgehead atoms. The highest BCUT2D eigenvalue weighted by atomic mass is 16.6. The Labute approximate surface area is 142 Å². The van der Waals surface area contributed by atoms with E-state index in [2.05, 4.69) is 0 Å². The molecule has 3 atom stereocenters. The van der Waals surface area contributed by atoms with Crippen molar-refractivity contribution in [2.75, 3.05) is 6.61 Å². The summed E-state index contributed by atoms with van der Waals surface area (Å²) in [5.41, 5.74) is 2.14. The summed E-state index contributed by atoms with van der Waals surface area (Å²) in [6, 6.07) is 19.8. The molecule has 1 aliphatic rings. The minimum atomic E-state index is -0.573. The molecule has 0 radical (unpaired) electrons. The van der Waals surface area contributed by atoms with E-state index in [0.29, 0.717) is 19.8 Å². The summed E-state index contributed by atoms with van der Waals surface area (Å²) in [6.07, 6.45) is -0.773. The first kappa shape index (κ1) is 16.7. The van der Waals surface area contributed by atoms with E-state index in [1.54, 1.807) is 0 Å². The smallest absolute Gasteiger partial charge is 0.336 e. The van der Waals surface area contributed by atoms with Gasteiger partial charge in [-0.25, -0.2) is 4.79 Å². The van der Waals surface area contributed by atoms with Crippen LogP contribution < -0.4 is 0 Å². The summed E-state index contributed by atoms with van der Waals surface area (Å²) < 4.78 is 17.0. The number of rotatable bonds is 7. The van der Waals surface area contributed by atoms with E-state index in [1.165, 1.54) is 0 Å². The van der Waals surface area contributed by atoms with Crippen molar-refractivity contribution in [3.8, 4) is 0 Å². The molecule has 2 unspecified atom stereocenters. The molecule has 1 saturated heterocycles. The second-order valence-corrected chi connectivity index (χ2v) is 6.02. The lowest BCUT2D eigenvalue weighted by molar-refractivity contribution is -0.150. The van der Waals surface area contributed by atoms with Gasteiger partial charge in [-0.3, -0.25) is 0 Å². The SMILES string of the molecule is CC1OC(=O)[C@H](OCc2ccccc2)C1COCc1ccccc1. The van der Waals surface area contributed by atoms with Crippen LogP contribution in [0.15, 0.2) is 60.7 Å². The summed E-state index contributed by atoms with van der Waals surface area (Å²) in [5, 5.41) is 0. The van der Waals surface area contributed by atoms with Crippen LogP contribution in [-0.2, 0) is 32.2 Å². The molecular weight excluding hydrogens is 304 g/mol. The Balaban J connectivity index is 1.54. The van der Waals surface area contributed by atoms with Crippen molar-refractivity contribution < 1.29 is 19.0 Å². The van der Waals surface area contributed by atoms with Crippen LogP contribution in [0.2, 0.25) is 0 Å². The molecule has 1 heterocycles. The van der Waals surface area contributed by atoms with Gasteiger partial charge in [0.25, 0.3) is 0 Å². The van der Waals surface area contributed by atoms with Gasteiger partial charge in [-0.1, -0.05) is 60.7 Å². The van der Waals surface area contributed by atoms with Crippen molar-refractivity contribution >= 4 is 5.97 Å². The molecule has 0 aliphatic carbocycles. The predicted octanol–water partition coefficient (Wildman–Crippen LogP) is 3.35. The highest BCUT2D eigenvalue weighted by Crippen LogP contribution is 2.26. The maximum atomic E-state index is 12.0. The molecule has 24 heavy (non-hydrogen) atoms. The van der Waals surface area contributed by atoms with Gasteiger partial charge in [0.05, 0.1) is 25.7 Å². The van der Waals surface area contributed by atoms with E-state index in [1.807, 2.05) is 67.6 Å². The van der Waals surface area contributed by atoms with Gasteiger partial charge in [-0.15, -0.1) is 0 Å². The molecule has 3 rings (SSSR count). The second-order valence-electron chi connectivity index (χ2n) is 6.02. The zero-order chi connectivity index (χ0) is 16.8. The minimum Gasteiger partial charge on any atom is -0.460 e. The third-order valence-electron chi connectivity index (χ3n) is 4.22. The monoisotopic (exact) mass is 326 g/mol. The highest BCUT2D eigenvalue weighted by molar-refractivity contribution is 5.77. The lowest BCUT2D eigenvalue weighted by atomic mass is 10.0. The standard InChI is InChI=1S/C20H22O4/c1-15-18(14-22-12-16-8-4-2-5-9-16)19(20(21)24-15)23-13-17-10-6-3-7-11-17/h2-11,15,18-19H,12-14H2,1H3/t15?,18?,19-/m1/s1. The number of hydrogen-bond acceptors (Lipinski definition) is 4. The molecule has 2 aromatic carbocycles. The summed E-state index contributed by atoms with van der Waals surface area (Å²) in [7, 11) is 0. The van der Waals surface area contributed by atoms with Crippen molar-refractivity contribution in [2.24, 2.45) is 5.92 Å². The maximum absolute atomic E-state index is 12.0. The van der Waals surface area contributed by atoms with Gasteiger partial charge in [0.1, 0.15) is 6.10 Å². The van der Waals surface area contributed by atoms with Gasteiger partial charge in [-0.2, -0.15) is 0 Å². The Morgan fingerprint density at radius 1 is 0.917 bits per heavy atom. The minimum absolute atomic E-state index is 0.0927. The molecule has 4 nitrogen and oxygen atoms in total. The van der Waals surface area contributed by atoms with Gasteiger partial charge in [0, 0.05) is 0 Å². The summed E-state index contributed by atoms with van der Waals surface area (Å²) >= 11 is 0. The number of benzene rings is 2. The van der Waals surface area contributed by atoms with Crippen molar-refractivity contribution in [3.63, 3.8) is 0 Å². The first-order valence-corrected chi connectivity index (χ1v) is 8.22. The molecule has 0 aromatic heterocycles. The second kappa shape index (κ2) is 8.08. The summed E-state index contributed by atoms with van der Waals surface area (Å²) in [4.78, 5) is 12.0. The van der Waals surface area contributed by atoms with Crippen LogP contribution in [0.4, 0.5) is 0 Å². The molecular formula is C20H22O4. The van der Waals surface area contributed by atoms with E-state index >= 15 is 0 Å². The van der Waals surface area contributed by atoms with Crippen LogP contribution in [0.1, 0.15) is 18.1 Å². The van der Waals surface area contributed by atoms with Crippen LogP contribution in [0.5, 0.6) is 0 Å². The fourth-order valence-corrected chi connectivity index (χ4v) is 2.82. The topological polar surface area (TPSA) is 44.8 Å². The first-order chi connectivity index (χ1) is 11.7. The van der Waals surface area contributed by atoms with Gasteiger partial charge < -0.3 is 14.2 Å². The number of cyclic esters (lactones) is 1. The van der Waals surface area contributed by atoms with Gasteiger partial charge in [0.2, 0.25) is 0 Å².